The molecule has 1 aromatic rings. The molecule has 0 saturated carbocycles. The second-order valence-corrected chi connectivity index (χ2v) is 4.81. The van der Waals surface area contributed by atoms with Gasteiger partial charge in [-0.25, -0.2) is 4.79 Å². The summed E-state index contributed by atoms with van der Waals surface area (Å²) in [6, 6.07) is 3.41. The van der Waals surface area contributed by atoms with Crippen LogP contribution in [0.3, 0.4) is 0 Å². The summed E-state index contributed by atoms with van der Waals surface area (Å²) in [4.78, 5) is 43.0. The largest absolute Gasteiger partial charge is 0.464 e. The fourth-order valence-electron chi connectivity index (χ4n) is 2.27. The molecule has 0 spiro atoms. The van der Waals surface area contributed by atoms with Crippen LogP contribution in [0.1, 0.15) is 13.8 Å². The Hall–Kier alpha value is -2.90. The Morgan fingerprint density at radius 2 is 2.17 bits per heavy atom. The molecule has 8 nitrogen and oxygen atoms in total. The molecule has 0 saturated heterocycles. The van der Waals surface area contributed by atoms with Crippen molar-refractivity contribution in [2.45, 2.75) is 20.0 Å². The van der Waals surface area contributed by atoms with Crippen LogP contribution in [0.15, 0.2) is 36.4 Å². The first-order chi connectivity index (χ1) is 11.0. The topological polar surface area (TPSA) is 91.8 Å². The van der Waals surface area contributed by atoms with E-state index in [2.05, 4.69) is 10.3 Å². The van der Waals surface area contributed by atoms with Crippen molar-refractivity contribution in [1.82, 2.24) is 14.8 Å². The number of nitrogens with zero attached hydrogens (tertiary/aromatic N) is 3. The minimum Gasteiger partial charge on any atom is -0.464 e. The zero-order valence-electron chi connectivity index (χ0n) is 13.1. The minimum atomic E-state index is -1.05. The van der Waals surface area contributed by atoms with Crippen molar-refractivity contribution < 1.29 is 19.1 Å². The highest BCUT2D eigenvalue weighted by Gasteiger charge is 2.40. The van der Waals surface area contributed by atoms with Crippen molar-refractivity contribution >= 4 is 23.5 Å². The van der Waals surface area contributed by atoms with Crippen molar-refractivity contribution in [3.8, 4) is 0 Å². The molecule has 0 fully saturated rings. The number of carbonyl (C=O) groups is 3. The molecular weight excluding hydrogens is 300 g/mol. The highest BCUT2D eigenvalue weighted by atomic mass is 16.5. The van der Waals surface area contributed by atoms with Gasteiger partial charge in [-0.15, -0.1) is 0 Å². The van der Waals surface area contributed by atoms with E-state index >= 15 is 0 Å². The van der Waals surface area contributed by atoms with Gasteiger partial charge in [0.15, 0.2) is 6.17 Å². The Balaban J connectivity index is 2.44. The third kappa shape index (κ3) is 3.31. The van der Waals surface area contributed by atoms with Gasteiger partial charge in [-0.3, -0.25) is 19.5 Å². The predicted molar refractivity (Wildman–Crippen MR) is 81.7 cm³/mol. The molecule has 0 aliphatic carbocycles. The summed E-state index contributed by atoms with van der Waals surface area (Å²) in [6.45, 7) is 3.41. The molecule has 0 bridgehead atoms. The lowest BCUT2D eigenvalue weighted by molar-refractivity contribution is -0.148. The number of carbonyl (C=O) groups excluding carboxylic acids is 3. The van der Waals surface area contributed by atoms with E-state index in [1.165, 1.54) is 31.3 Å². The summed E-state index contributed by atoms with van der Waals surface area (Å²) in [5.74, 6) is -1.49. The summed E-state index contributed by atoms with van der Waals surface area (Å²) < 4.78 is 4.72. The lowest BCUT2D eigenvalue weighted by Crippen LogP contribution is -2.57. The molecule has 23 heavy (non-hydrogen) atoms. The highest BCUT2D eigenvalue weighted by Crippen LogP contribution is 2.22. The van der Waals surface area contributed by atoms with E-state index in [9.17, 15) is 14.4 Å². The maximum Gasteiger partial charge on any atom is 0.356 e. The Morgan fingerprint density at radius 3 is 2.70 bits per heavy atom. The lowest BCUT2D eigenvalue weighted by Gasteiger charge is -2.38. The van der Waals surface area contributed by atoms with E-state index in [0.29, 0.717) is 12.2 Å². The van der Waals surface area contributed by atoms with Crippen molar-refractivity contribution in [2.24, 2.45) is 0 Å². The summed E-state index contributed by atoms with van der Waals surface area (Å²) >= 11 is 0. The number of likely N-dealkylation sites (N-methyl/N-ethyl adjacent to an activating group) is 1. The van der Waals surface area contributed by atoms with Crippen molar-refractivity contribution in [1.29, 1.82) is 0 Å². The van der Waals surface area contributed by atoms with E-state index in [1.54, 1.807) is 25.3 Å². The standard InChI is InChI=1S/C15H18N4O4/c1-4-18-9-12(15(22)23-3)19(10(2)20)13(14(18)21)17-11-6-5-7-16-8-11/h5-9,13,17H,4H2,1-3H3. The molecule has 0 radical (unpaired) electrons. The maximum atomic E-state index is 12.6. The number of nitrogens with one attached hydrogen (secondary N) is 1. The smallest absolute Gasteiger partial charge is 0.356 e. The molecule has 2 heterocycles. The van der Waals surface area contributed by atoms with Gasteiger partial charge in [0.1, 0.15) is 5.70 Å². The molecule has 122 valence electrons. The van der Waals surface area contributed by atoms with E-state index in [4.69, 9.17) is 4.74 Å². The first kappa shape index (κ1) is 16.5. The Morgan fingerprint density at radius 1 is 1.43 bits per heavy atom. The molecule has 0 aromatic carbocycles. The number of anilines is 1. The predicted octanol–water partition coefficient (Wildman–Crippen LogP) is 0.545. The van der Waals surface area contributed by atoms with Crippen molar-refractivity contribution in [3.05, 3.63) is 36.4 Å². The van der Waals surface area contributed by atoms with Crippen LogP contribution >= 0.6 is 0 Å². The molecule has 1 N–H and O–H groups in total. The molecule has 2 rings (SSSR count). The van der Waals surface area contributed by atoms with Gasteiger partial charge >= 0.3 is 5.97 Å². The van der Waals surface area contributed by atoms with Crippen LogP contribution in [-0.2, 0) is 19.1 Å². The average molecular weight is 318 g/mol. The summed E-state index contributed by atoms with van der Waals surface area (Å²) in [5, 5.41) is 2.94. The van der Waals surface area contributed by atoms with Gasteiger partial charge in [0.2, 0.25) is 5.91 Å². The van der Waals surface area contributed by atoms with Crippen molar-refractivity contribution in [2.75, 3.05) is 19.0 Å². The van der Waals surface area contributed by atoms with Gasteiger partial charge in [-0.05, 0) is 19.1 Å². The van der Waals surface area contributed by atoms with Crippen LogP contribution in [0.5, 0.6) is 0 Å². The molecule has 1 unspecified atom stereocenters. The van der Waals surface area contributed by atoms with E-state index in [1.807, 2.05) is 0 Å². The van der Waals surface area contributed by atoms with Gasteiger partial charge in [0.05, 0.1) is 12.8 Å². The molecule has 1 atom stereocenters. The zero-order chi connectivity index (χ0) is 17.0. The number of aromatic nitrogens is 1. The van der Waals surface area contributed by atoms with Gasteiger partial charge < -0.3 is 15.0 Å². The van der Waals surface area contributed by atoms with E-state index < -0.39 is 18.0 Å². The number of hydrogen-bond acceptors (Lipinski definition) is 6. The van der Waals surface area contributed by atoms with Gasteiger partial charge in [0, 0.05) is 32.1 Å². The van der Waals surface area contributed by atoms with Crippen LogP contribution in [0.4, 0.5) is 5.69 Å². The van der Waals surface area contributed by atoms with Gasteiger partial charge in [-0.1, -0.05) is 0 Å². The number of ether oxygens (including phenoxy) is 1. The normalized spacial score (nSPS) is 17.6. The summed E-state index contributed by atoms with van der Waals surface area (Å²) in [6.07, 6.45) is 3.40. The zero-order valence-corrected chi connectivity index (χ0v) is 13.1. The van der Waals surface area contributed by atoms with Crippen LogP contribution in [0, 0.1) is 0 Å². The number of amides is 2. The fraction of sp³-hybridized carbons (Fsp3) is 0.333. The number of hydrogen-bond donors (Lipinski definition) is 1. The minimum absolute atomic E-state index is 0.00263. The van der Waals surface area contributed by atoms with Crippen molar-refractivity contribution in [3.63, 3.8) is 0 Å². The van der Waals surface area contributed by atoms with Gasteiger partial charge in [-0.2, -0.15) is 0 Å². The molecule has 1 aliphatic rings. The SMILES string of the molecule is CCN1C=C(C(=O)OC)N(C(C)=O)C(Nc2cccnc2)C1=O. The van der Waals surface area contributed by atoms with E-state index in [-0.39, 0.29) is 11.6 Å². The first-order valence-corrected chi connectivity index (χ1v) is 7.06. The molecule has 2 amide bonds. The average Bonchev–Trinajstić information content (AvgIpc) is 2.56. The first-order valence-electron chi connectivity index (χ1n) is 7.06. The molecule has 1 aromatic heterocycles. The van der Waals surface area contributed by atoms with Crippen LogP contribution < -0.4 is 5.32 Å². The molecule has 1 aliphatic heterocycles. The molecular formula is C15H18N4O4. The number of pyridine rings is 1. The number of esters is 1. The second kappa shape index (κ2) is 6.91. The quantitative estimate of drug-likeness (QED) is 0.815. The monoisotopic (exact) mass is 318 g/mol. The third-order valence-electron chi connectivity index (χ3n) is 3.35. The lowest BCUT2D eigenvalue weighted by atomic mass is 10.2. The van der Waals surface area contributed by atoms with Crippen LogP contribution in [0.25, 0.3) is 0 Å². The van der Waals surface area contributed by atoms with Crippen LogP contribution in [0.2, 0.25) is 0 Å². The highest BCUT2D eigenvalue weighted by molar-refractivity contribution is 6.00. The maximum absolute atomic E-state index is 12.6. The second-order valence-electron chi connectivity index (χ2n) is 4.81. The molecule has 8 heteroatoms. The summed E-state index contributed by atoms with van der Waals surface area (Å²) in [7, 11) is 1.22. The Bertz CT molecular complexity index is 644. The van der Waals surface area contributed by atoms with Gasteiger partial charge in [0.25, 0.3) is 5.91 Å². The summed E-state index contributed by atoms with van der Waals surface area (Å²) in [5.41, 5.74) is 0.558. The van der Waals surface area contributed by atoms with E-state index in [0.717, 1.165) is 4.90 Å². The fourth-order valence-corrected chi connectivity index (χ4v) is 2.27. The number of rotatable bonds is 4. The van der Waals surface area contributed by atoms with Crippen LogP contribution in [-0.4, -0.2) is 52.4 Å². The Kier molecular flexibility index (Phi) is 4.95. The Labute approximate surface area is 133 Å². The third-order valence-corrected chi connectivity index (χ3v) is 3.35. The number of methoxy groups -OCH3 is 1.